The van der Waals surface area contributed by atoms with E-state index < -0.39 is 0 Å². The van der Waals surface area contributed by atoms with Crippen LogP contribution in [0.15, 0.2) is 0 Å². The lowest BCUT2D eigenvalue weighted by Gasteiger charge is -2.27. The van der Waals surface area contributed by atoms with Gasteiger partial charge in [0.1, 0.15) is 0 Å². The van der Waals surface area contributed by atoms with Crippen molar-refractivity contribution in [2.75, 3.05) is 0 Å². The van der Waals surface area contributed by atoms with Gasteiger partial charge in [0.25, 0.3) is 0 Å². The maximum absolute atomic E-state index is 6.65. The van der Waals surface area contributed by atoms with E-state index in [9.17, 15) is 0 Å². The van der Waals surface area contributed by atoms with Gasteiger partial charge in [-0.05, 0) is 75.0 Å². The molecule has 0 aromatic heterocycles. The topological polar surface area (TPSA) is 9.23 Å². The third kappa shape index (κ3) is 15.2. The predicted molar refractivity (Wildman–Crippen MR) is 105 cm³/mol. The van der Waals surface area contributed by atoms with Gasteiger partial charge in [-0.2, -0.15) is 0 Å². The van der Waals surface area contributed by atoms with E-state index >= 15 is 0 Å². The van der Waals surface area contributed by atoms with Gasteiger partial charge in [-0.3, -0.25) is 0 Å². The van der Waals surface area contributed by atoms with E-state index in [1.54, 1.807) is 0 Å². The molecule has 0 saturated carbocycles. The summed E-state index contributed by atoms with van der Waals surface area (Å²) in [5.74, 6) is 3.13. The molecule has 0 aliphatic heterocycles. The molecule has 0 atom stereocenters. The van der Waals surface area contributed by atoms with Crippen LogP contribution in [0.5, 0.6) is 0 Å². The fourth-order valence-corrected chi connectivity index (χ4v) is 2.91. The van der Waals surface area contributed by atoms with Crippen LogP contribution in [0.4, 0.5) is 0 Å². The first-order chi connectivity index (χ1) is 10.7. The minimum absolute atomic E-state index is 0.476. The van der Waals surface area contributed by atoms with Crippen LogP contribution in [0.25, 0.3) is 0 Å². The van der Waals surface area contributed by atoms with Crippen molar-refractivity contribution in [3.8, 4) is 0 Å². The zero-order valence-electron chi connectivity index (χ0n) is 17.5. The van der Waals surface area contributed by atoms with E-state index in [4.69, 9.17) is 4.74 Å². The molecule has 0 aromatic rings. The molecule has 23 heavy (non-hydrogen) atoms. The second kappa shape index (κ2) is 13.3. The predicted octanol–water partition coefficient (Wildman–Crippen LogP) is 7.49. The summed E-state index contributed by atoms with van der Waals surface area (Å²) < 4.78 is 6.65. The van der Waals surface area contributed by atoms with E-state index in [1.807, 2.05) is 0 Å². The molecule has 0 aliphatic carbocycles. The molecule has 0 spiro atoms. The van der Waals surface area contributed by atoms with Crippen molar-refractivity contribution in [2.24, 2.45) is 23.7 Å². The summed E-state index contributed by atoms with van der Waals surface area (Å²) in [7, 11) is 0. The Kier molecular flexibility index (Phi) is 13.3. The normalized spacial score (nSPS) is 12.8. The molecule has 0 unspecified atom stereocenters. The maximum atomic E-state index is 6.65. The molecule has 0 N–H and O–H groups in total. The fourth-order valence-electron chi connectivity index (χ4n) is 2.91. The summed E-state index contributed by atoms with van der Waals surface area (Å²) in [6, 6.07) is 0. The first-order valence-electron chi connectivity index (χ1n) is 10.4. The van der Waals surface area contributed by atoms with Gasteiger partial charge in [0, 0.05) is 0 Å². The van der Waals surface area contributed by atoms with Gasteiger partial charge in [0.05, 0.1) is 12.2 Å². The maximum Gasteiger partial charge on any atom is 0.0579 e. The smallest absolute Gasteiger partial charge is 0.0579 e. The average molecular weight is 327 g/mol. The second-order valence-electron chi connectivity index (χ2n) is 9.26. The largest absolute Gasteiger partial charge is 0.375 e. The Morgan fingerprint density at radius 2 is 0.609 bits per heavy atom. The van der Waals surface area contributed by atoms with Crippen LogP contribution in [0, 0.1) is 23.7 Å². The lowest BCUT2D eigenvalue weighted by Crippen LogP contribution is -2.24. The van der Waals surface area contributed by atoms with Crippen molar-refractivity contribution in [1.82, 2.24) is 0 Å². The molecule has 0 rings (SSSR count). The number of ether oxygens (including phenoxy) is 1. The molecule has 0 aliphatic rings. The van der Waals surface area contributed by atoms with E-state index in [2.05, 4.69) is 55.4 Å². The third-order valence-electron chi connectivity index (χ3n) is 4.65. The highest BCUT2D eigenvalue weighted by atomic mass is 16.5. The Labute approximate surface area is 148 Å². The van der Waals surface area contributed by atoms with Crippen LogP contribution in [0.1, 0.15) is 107 Å². The van der Waals surface area contributed by atoms with Crippen molar-refractivity contribution in [3.05, 3.63) is 0 Å². The van der Waals surface area contributed by atoms with Crippen molar-refractivity contribution in [1.29, 1.82) is 0 Å². The quantitative estimate of drug-likeness (QED) is 0.321. The Morgan fingerprint density at radius 3 is 0.783 bits per heavy atom. The first kappa shape index (κ1) is 23.0. The van der Waals surface area contributed by atoms with Crippen molar-refractivity contribution < 1.29 is 4.74 Å². The summed E-state index contributed by atoms with van der Waals surface area (Å²) in [5, 5.41) is 0. The molecular formula is C22H46O. The lowest BCUT2D eigenvalue weighted by atomic mass is 9.96. The molecule has 0 saturated heterocycles. The molecule has 0 bridgehead atoms. The Bertz CT molecular complexity index is 205. The minimum atomic E-state index is 0.476. The zero-order valence-corrected chi connectivity index (χ0v) is 17.5. The summed E-state index contributed by atoms with van der Waals surface area (Å²) in [6.45, 7) is 18.6. The van der Waals surface area contributed by atoms with Crippen LogP contribution in [-0.4, -0.2) is 12.2 Å². The monoisotopic (exact) mass is 326 g/mol. The third-order valence-corrected chi connectivity index (χ3v) is 4.65. The number of hydrogen-bond donors (Lipinski definition) is 0. The van der Waals surface area contributed by atoms with Crippen LogP contribution in [0.2, 0.25) is 0 Å². The molecule has 1 nitrogen and oxygen atoms in total. The highest BCUT2D eigenvalue weighted by Gasteiger charge is 2.18. The molecule has 1 heteroatoms. The van der Waals surface area contributed by atoms with E-state index in [0.717, 1.165) is 23.7 Å². The molecule has 140 valence electrons. The van der Waals surface area contributed by atoms with Crippen molar-refractivity contribution in [2.45, 2.75) is 119 Å². The minimum Gasteiger partial charge on any atom is -0.375 e. The van der Waals surface area contributed by atoms with Crippen LogP contribution < -0.4 is 0 Å². The Balaban J connectivity index is 4.56. The fraction of sp³-hybridized carbons (Fsp3) is 1.00. The average Bonchev–Trinajstić information content (AvgIpc) is 2.43. The molecule has 0 aromatic carbocycles. The van der Waals surface area contributed by atoms with Crippen molar-refractivity contribution in [3.63, 3.8) is 0 Å². The van der Waals surface area contributed by atoms with Gasteiger partial charge in [0.2, 0.25) is 0 Å². The van der Waals surface area contributed by atoms with Gasteiger partial charge in [-0.1, -0.05) is 55.4 Å². The molecular weight excluding hydrogens is 280 g/mol. The number of rotatable bonds is 14. The zero-order chi connectivity index (χ0) is 17.8. The van der Waals surface area contributed by atoms with Gasteiger partial charge in [-0.15, -0.1) is 0 Å². The first-order valence-corrected chi connectivity index (χ1v) is 10.4. The number of hydrogen-bond acceptors (Lipinski definition) is 1. The van der Waals surface area contributed by atoms with Crippen molar-refractivity contribution >= 4 is 0 Å². The van der Waals surface area contributed by atoms with E-state index in [1.165, 1.54) is 51.4 Å². The molecule has 0 heterocycles. The van der Waals surface area contributed by atoms with Gasteiger partial charge in [-0.25, -0.2) is 0 Å². The molecule has 0 fully saturated rings. The standard InChI is InChI=1S/C22H46O/c1-17(2)9-13-21(14-10-18(3)4)23-22(15-11-19(5)6)16-12-20(7)8/h17-22H,9-16H2,1-8H3. The van der Waals surface area contributed by atoms with Gasteiger partial charge >= 0.3 is 0 Å². The molecule has 0 radical (unpaired) electrons. The van der Waals surface area contributed by atoms with Crippen LogP contribution >= 0.6 is 0 Å². The Morgan fingerprint density at radius 1 is 0.391 bits per heavy atom. The van der Waals surface area contributed by atoms with E-state index in [-0.39, 0.29) is 0 Å². The van der Waals surface area contributed by atoms with Gasteiger partial charge in [0.15, 0.2) is 0 Å². The summed E-state index contributed by atoms with van der Waals surface area (Å²) in [5.41, 5.74) is 0. The van der Waals surface area contributed by atoms with E-state index in [0.29, 0.717) is 12.2 Å². The van der Waals surface area contributed by atoms with Gasteiger partial charge < -0.3 is 4.74 Å². The summed E-state index contributed by atoms with van der Waals surface area (Å²) in [4.78, 5) is 0. The summed E-state index contributed by atoms with van der Waals surface area (Å²) >= 11 is 0. The highest BCUT2D eigenvalue weighted by molar-refractivity contribution is 4.68. The Hall–Kier alpha value is -0.0400. The SMILES string of the molecule is CC(C)CCC(CCC(C)C)OC(CCC(C)C)CCC(C)C. The second-order valence-corrected chi connectivity index (χ2v) is 9.26. The molecule has 0 amide bonds. The van der Waals surface area contributed by atoms with Crippen LogP contribution in [-0.2, 0) is 4.74 Å². The highest BCUT2D eigenvalue weighted by Crippen LogP contribution is 2.23. The lowest BCUT2D eigenvalue weighted by molar-refractivity contribution is -0.0365. The summed E-state index contributed by atoms with van der Waals surface area (Å²) in [6.07, 6.45) is 11.1. The van der Waals surface area contributed by atoms with Crippen LogP contribution in [0.3, 0.4) is 0 Å².